The van der Waals surface area contributed by atoms with E-state index in [1.807, 2.05) is 4.72 Å². The summed E-state index contributed by atoms with van der Waals surface area (Å²) in [6.07, 6.45) is 2.47. The lowest BCUT2D eigenvalue weighted by Crippen LogP contribution is -2.43. The summed E-state index contributed by atoms with van der Waals surface area (Å²) in [6.45, 7) is -0.825. The molecule has 8 heteroatoms. The Morgan fingerprint density at radius 1 is 1.56 bits per heavy atom. The quantitative estimate of drug-likeness (QED) is 0.601. The van der Waals surface area contributed by atoms with E-state index in [0.717, 1.165) is 6.20 Å². The van der Waals surface area contributed by atoms with Gasteiger partial charge in [0, 0.05) is 12.4 Å². The van der Waals surface area contributed by atoms with Crippen molar-refractivity contribution in [3.05, 3.63) is 24.5 Å². The predicted octanol–water partition coefficient (Wildman–Crippen LogP) is -1.19. The Morgan fingerprint density at radius 3 is 2.69 bits per heavy atom. The Hall–Kier alpha value is -1.51. The number of hydrogen-bond acceptors (Lipinski definition) is 5. The summed E-state index contributed by atoms with van der Waals surface area (Å²) in [4.78, 5) is 14.0. The van der Waals surface area contributed by atoms with Crippen LogP contribution in [0.1, 0.15) is 0 Å². The van der Waals surface area contributed by atoms with Crippen molar-refractivity contribution in [2.24, 2.45) is 0 Å². The van der Waals surface area contributed by atoms with Crippen LogP contribution in [0.25, 0.3) is 0 Å². The molecule has 0 spiro atoms. The molecule has 1 rings (SSSR count). The smallest absolute Gasteiger partial charge is 0.324 e. The van der Waals surface area contributed by atoms with Gasteiger partial charge in [0.25, 0.3) is 0 Å². The van der Waals surface area contributed by atoms with Gasteiger partial charge in [-0.25, -0.2) is 8.42 Å². The number of rotatable bonds is 5. The van der Waals surface area contributed by atoms with Crippen molar-refractivity contribution in [2.75, 3.05) is 6.61 Å². The molecule has 0 unspecified atom stereocenters. The highest BCUT2D eigenvalue weighted by Crippen LogP contribution is 2.06. The number of aliphatic hydroxyl groups excluding tert-OH is 1. The Balaban J connectivity index is 2.92. The normalized spacial score (nSPS) is 13.3. The molecule has 0 aliphatic heterocycles. The molecule has 16 heavy (non-hydrogen) atoms. The van der Waals surface area contributed by atoms with Gasteiger partial charge in [0.15, 0.2) is 0 Å². The third-order valence-electron chi connectivity index (χ3n) is 1.72. The molecule has 0 aliphatic carbocycles. The standard InChI is InChI=1S/C8H10N2O5S/c11-5-7(8(12)13)10-16(14,15)6-2-1-3-9-4-6/h1-4,7,10-11H,5H2,(H,12,13)/t7-/m1/s1. The molecule has 0 fully saturated rings. The zero-order valence-electron chi connectivity index (χ0n) is 8.07. The van der Waals surface area contributed by atoms with Gasteiger partial charge in [0.1, 0.15) is 10.9 Å². The topological polar surface area (TPSA) is 117 Å². The number of nitrogens with zero attached hydrogens (tertiary/aromatic N) is 1. The van der Waals surface area contributed by atoms with E-state index >= 15 is 0 Å². The monoisotopic (exact) mass is 246 g/mol. The van der Waals surface area contributed by atoms with Gasteiger partial charge in [-0.3, -0.25) is 9.78 Å². The number of sulfonamides is 1. The van der Waals surface area contributed by atoms with Crippen LogP contribution in [-0.4, -0.2) is 42.2 Å². The molecule has 0 saturated carbocycles. The minimum absolute atomic E-state index is 0.158. The van der Waals surface area contributed by atoms with E-state index in [2.05, 4.69) is 4.98 Å². The van der Waals surface area contributed by atoms with Gasteiger partial charge in [-0.2, -0.15) is 4.72 Å². The summed E-state index contributed by atoms with van der Waals surface area (Å²) >= 11 is 0. The number of aliphatic carboxylic acids is 1. The van der Waals surface area contributed by atoms with Crippen molar-refractivity contribution >= 4 is 16.0 Å². The lowest BCUT2D eigenvalue weighted by molar-refractivity contribution is -0.139. The second kappa shape index (κ2) is 5.01. The number of carboxylic acid groups (broad SMARTS) is 1. The van der Waals surface area contributed by atoms with Crippen molar-refractivity contribution in [3.63, 3.8) is 0 Å². The van der Waals surface area contributed by atoms with Crippen LogP contribution in [0, 0.1) is 0 Å². The summed E-state index contributed by atoms with van der Waals surface area (Å²) in [5.74, 6) is -1.45. The second-order valence-corrected chi connectivity index (χ2v) is 4.60. The lowest BCUT2D eigenvalue weighted by atomic mass is 10.3. The molecule has 7 nitrogen and oxygen atoms in total. The average molecular weight is 246 g/mol. The number of hydrogen-bond donors (Lipinski definition) is 3. The van der Waals surface area contributed by atoms with Crippen LogP contribution in [0.4, 0.5) is 0 Å². The molecule has 0 aliphatic rings. The van der Waals surface area contributed by atoms with Crippen LogP contribution in [0.5, 0.6) is 0 Å². The van der Waals surface area contributed by atoms with Gasteiger partial charge in [0.05, 0.1) is 6.61 Å². The van der Waals surface area contributed by atoms with E-state index in [4.69, 9.17) is 10.2 Å². The van der Waals surface area contributed by atoms with Crippen molar-refractivity contribution in [1.82, 2.24) is 9.71 Å². The maximum absolute atomic E-state index is 11.6. The van der Waals surface area contributed by atoms with Gasteiger partial charge in [-0.05, 0) is 12.1 Å². The Labute approximate surface area is 91.8 Å². The second-order valence-electron chi connectivity index (χ2n) is 2.88. The third-order valence-corrected chi connectivity index (χ3v) is 3.18. The van der Waals surface area contributed by atoms with Gasteiger partial charge in [-0.15, -0.1) is 0 Å². The Bertz CT molecular complexity index is 459. The summed E-state index contributed by atoms with van der Waals surface area (Å²) in [5.41, 5.74) is 0. The van der Waals surface area contributed by atoms with Crippen molar-refractivity contribution in [2.45, 2.75) is 10.9 Å². The predicted molar refractivity (Wildman–Crippen MR) is 53.1 cm³/mol. The maximum Gasteiger partial charge on any atom is 0.324 e. The molecule has 0 amide bonds. The first-order valence-electron chi connectivity index (χ1n) is 4.23. The Kier molecular flexibility index (Phi) is 3.93. The molecule has 1 aromatic rings. The van der Waals surface area contributed by atoms with E-state index in [1.54, 1.807) is 0 Å². The minimum Gasteiger partial charge on any atom is -0.480 e. The van der Waals surface area contributed by atoms with Crippen LogP contribution in [0.2, 0.25) is 0 Å². The summed E-state index contributed by atoms with van der Waals surface area (Å²) in [5, 5.41) is 17.3. The van der Waals surface area contributed by atoms with E-state index in [1.165, 1.54) is 18.3 Å². The number of pyridine rings is 1. The molecular weight excluding hydrogens is 236 g/mol. The van der Waals surface area contributed by atoms with E-state index in [9.17, 15) is 13.2 Å². The van der Waals surface area contributed by atoms with Crippen LogP contribution in [0.15, 0.2) is 29.4 Å². The summed E-state index contributed by atoms with van der Waals surface area (Å²) < 4.78 is 25.0. The van der Waals surface area contributed by atoms with Crippen molar-refractivity contribution in [1.29, 1.82) is 0 Å². The first-order chi connectivity index (χ1) is 7.47. The minimum atomic E-state index is -3.97. The van der Waals surface area contributed by atoms with Crippen LogP contribution < -0.4 is 4.72 Å². The zero-order valence-corrected chi connectivity index (χ0v) is 8.88. The fourth-order valence-electron chi connectivity index (χ4n) is 0.927. The number of carboxylic acids is 1. The SMILES string of the molecule is O=C(O)[C@@H](CO)NS(=O)(=O)c1cccnc1. The molecule has 1 aromatic heterocycles. The van der Waals surface area contributed by atoms with E-state index in [0.29, 0.717) is 0 Å². The third kappa shape index (κ3) is 2.99. The molecule has 0 saturated heterocycles. The van der Waals surface area contributed by atoms with Gasteiger partial charge < -0.3 is 10.2 Å². The molecule has 88 valence electrons. The average Bonchev–Trinajstić information content (AvgIpc) is 2.27. The van der Waals surface area contributed by atoms with Crippen molar-refractivity contribution in [3.8, 4) is 0 Å². The van der Waals surface area contributed by atoms with Crippen LogP contribution in [0.3, 0.4) is 0 Å². The highest BCUT2D eigenvalue weighted by atomic mass is 32.2. The molecule has 0 radical (unpaired) electrons. The van der Waals surface area contributed by atoms with E-state index in [-0.39, 0.29) is 4.90 Å². The molecular formula is C8H10N2O5S. The largest absolute Gasteiger partial charge is 0.480 e. The summed E-state index contributed by atoms with van der Waals surface area (Å²) in [7, 11) is -3.97. The fraction of sp³-hybridized carbons (Fsp3) is 0.250. The maximum atomic E-state index is 11.6. The van der Waals surface area contributed by atoms with Crippen LogP contribution >= 0.6 is 0 Å². The number of nitrogens with one attached hydrogen (secondary N) is 1. The van der Waals surface area contributed by atoms with Crippen molar-refractivity contribution < 1.29 is 23.4 Å². The van der Waals surface area contributed by atoms with Gasteiger partial charge in [-0.1, -0.05) is 0 Å². The number of aliphatic hydroxyl groups is 1. The zero-order chi connectivity index (χ0) is 12.2. The van der Waals surface area contributed by atoms with E-state index < -0.39 is 28.6 Å². The fourth-order valence-corrected chi connectivity index (χ4v) is 2.07. The molecule has 0 bridgehead atoms. The number of carbonyl (C=O) groups is 1. The highest BCUT2D eigenvalue weighted by molar-refractivity contribution is 7.89. The molecule has 1 heterocycles. The molecule has 3 N–H and O–H groups in total. The van der Waals surface area contributed by atoms with Gasteiger partial charge >= 0.3 is 5.97 Å². The first kappa shape index (κ1) is 12.6. The first-order valence-corrected chi connectivity index (χ1v) is 5.71. The lowest BCUT2D eigenvalue weighted by Gasteiger charge is -2.11. The molecule has 1 atom stereocenters. The van der Waals surface area contributed by atoms with Crippen LogP contribution in [-0.2, 0) is 14.8 Å². The van der Waals surface area contributed by atoms with Gasteiger partial charge in [0.2, 0.25) is 10.0 Å². The Morgan fingerprint density at radius 2 is 2.25 bits per heavy atom. The molecule has 0 aromatic carbocycles. The summed E-state index contributed by atoms with van der Waals surface area (Å²) in [6, 6.07) is 1.11. The highest BCUT2D eigenvalue weighted by Gasteiger charge is 2.24. The number of aromatic nitrogens is 1.